The second-order valence-electron chi connectivity index (χ2n) is 4.15. The molecule has 0 unspecified atom stereocenters. The average molecular weight is 347 g/mol. The van der Waals surface area contributed by atoms with Crippen LogP contribution in [0.2, 0.25) is 15.1 Å². The lowest BCUT2D eigenvalue weighted by molar-refractivity contribution is 0.415. The zero-order valence-electron chi connectivity index (χ0n) is 11.5. The topological polar surface area (TPSA) is 46.2 Å². The highest BCUT2D eigenvalue weighted by Crippen LogP contribution is 2.33. The fourth-order valence-corrected chi connectivity index (χ4v) is 2.39. The van der Waals surface area contributed by atoms with Gasteiger partial charge in [-0.3, -0.25) is 0 Å². The zero-order valence-corrected chi connectivity index (χ0v) is 13.8. The normalized spacial score (nSPS) is 10.3. The first kappa shape index (κ1) is 16.0. The van der Waals surface area contributed by atoms with E-state index in [1.807, 2.05) is 13.0 Å². The third-order valence-corrected chi connectivity index (χ3v) is 3.58. The van der Waals surface area contributed by atoms with Crippen LogP contribution in [-0.4, -0.2) is 18.6 Å². The van der Waals surface area contributed by atoms with Crippen molar-refractivity contribution in [2.24, 2.45) is 0 Å². The zero-order chi connectivity index (χ0) is 15.4. The van der Waals surface area contributed by atoms with E-state index in [1.54, 1.807) is 25.3 Å². The molecule has 0 atom stereocenters. The molecule has 7 heteroatoms. The fraction of sp³-hybridized carbons (Fsp3) is 0.214. The van der Waals surface area contributed by atoms with Crippen molar-refractivity contribution >= 4 is 52.1 Å². The summed E-state index contributed by atoms with van der Waals surface area (Å²) in [7, 11) is 1.56. The fourth-order valence-electron chi connectivity index (χ4n) is 1.72. The van der Waals surface area contributed by atoms with Gasteiger partial charge in [-0.15, -0.1) is 0 Å². The maximum atomic E-state index is 6.16. The van der Waals surface area contributed by atoms with Gasteiger partial charge in [-0.25, -0.2) is 4.98 Å². The minimum absolute atomic E-state index is 0.426. The lowest BCUT2D eigenvalue weighted by Gasteiger charge is -2.12. The van der Waals surface area contributed by atoms with Crippen molar-refractivity contribution in [2.75, 3.05) is 24.3 Å². The minimum Gasteiger partial charge on any atom is -0.495 e. The first-order chi connectivity index (χ1) is 10.0. The van der Waals surface area contributed by atoms with Crippen LogP contribution in [0.25, 0.3) is 0 Å². The molecule has 0 saturated carbocycles. The molecule has 112 valence electrons. The van der Waals surface area contributed by atoms with Crippen LogP contribution < -0.4 is 15.4 Å². The molecule has 0 amide bonds. The summed E-state index contributed by atoms with van der Waals surface area (Å²) < 4.78 is 5.18. The number of halogens is 3. The number of nitrogens with one attached hydrogen (secondary N) is 2. The molecule has 0 aliphatic rings. The molecule has 0 spiro atoms. The molecule has 1 heterocycles. The summed E-state index contributed by atoms with van der Waals surface area (Å²) in [5.41, 5.74) is 0.760. The molecule has 4 nitrogen and oxygen atoms in total. The Labute approximate surface area is 138 Å². The van der Waals surface area contributed by atoms with Crippen molar-refractivity contribution in [2.45, 2.75) is 6.92 Å². The smallest absolute Gasteiger partial charge is 0.151 e. The predicted molar refractivity (Wildman–Crippen MR) is 89.7 cm³/mol. The van der Waals surface area contributed by atoms with Gasteiger partial charge in [0.2, 0.25) is 0 Å². The number of nitrogens with zero attached hydrogens (tertiary/aromatic N) is 1. The van der Waals surface area contributed by atoms with Crippen LogP contribution in [0.5, 0.6) is 5.75 Å². The predicted octanol–water partition coefficient (Wildman–Crippen LogP) is 5.23. The molecule has 0 radical (unpaired) electrons. The highest BCUT2D eigenvalue weighted by atomic mass is 35.5. The highest BCUT2D eigenvalue weighted by Gasteiger charge is 2.10. The number of ether oxygens (including phenoxy) is 1. The van der Waals surface area contributed by atoms with Crippen molar-refractivity contribution in [1.29, 1.82) is 0 Å². The summed E-state index contributed by atoms with van der Waals surface area (Å²) in [6.45, 7) is 2.67. The van der Waals surface area contributed by atoms with Crippen molar-refractivity contribution < 1.29 is 4.74 Å². The second-order valence-corrected chi connectivity index (χ2v) is 5.38. The summed E-state index contributed by atoms with van der Waals surface area (Å²) in [6, 6.07) is 6.95. The Morgan fingerprint density at radius 2 is 1.76 bits per heavy atom. The highest BCUT2D eigenvalue weighted by molar-refractivity contribution is 6.37. The molecular weight excluding hydrogens is 333 g/mol. The number of hydrogen-bond donors (Lipinski definition) is 2. The third kappa shape index (κ3) is 3.84. The van der Waals surface area contributed by atoms with Crippen molar-refractivity contribution in [3.63, 3.8) is 0 Å². The van der Waals surface area contributed by atoms with E-state index in [-0.39, 0.29) is 0 Å². The molecular formula is C14H14Cl3N3O. The summed E-state index contributed by atoms with van der Waals surface area (Å²) in [6.07, 6.45) is 0. The first-order valence-electron chi connectivity index (χ1n) is 6.25. The molecule has 0 aliphatic heterocycles. The molecule has 0 aliphatic carbocycles. The van der Waals surface area contributed by atoms with Gasteiger partial charge >= 0.3 is 0 Å². The minimum atomic E-state index is 0.426. The van der Waals surface area contributed by atoms with Crippen LogP contribution in [0.3, 0.4) is 0 Å². The van der Waals surface area contributed by atoms with Gasteiger partial charge in [-0.05, 0) is 25.1 Å². The van der Waals surface area contributed by atoms with Crippen LogP contribution in [0.4, 0.5) is 17.3 Å². The largest absolute Gasteiger partial charge is 0.495 e. The molecule has 2 aromatic rings. The maximum Gasteiger partial charge on any atom is 0.151 e. The van der Waals surface area contributed by atoms with Gasteiger partial charge in [0.15, 0.2) is 5.82 Å². The molecule has 0 bridgehead atoms. The van der Waals surface area contributed by atoms with Gasteiger partial charge in [-0.1, -0.05) is 34.8 Å². The standard InChI is InChI=1S/C14H14Cl3N3O/c1-3-18-13-10(16)7-11(17)14(20-13)19-8-4-5-9(15)12(6-8)21-2/h4-7H,3H2,1-2H3,(H2,18,19,20). The van der Waals surface area contributed by atoms with Gasteiger partial charge in [0, 0.05) is 18.3 Å². The quantitative estimate of drug-likeness (QED) is 0.778. The van der Waals surface area contributed by atoms with Crippen molar-refractivity contribution in [3.05, 3.63) is 39.3 Å². The monoisotopic (exact) mass is 345 g/mol. The Morgan fingerprint density at radius 1 is 1.05 bits per heavy atom. The second kappa shape index (κ2) is 7.07. The van der Waals surface area contributed by atoms with Gasteiger partial charge in [0.25, 0.3) is 0 Å². The Balaban J connectivity index is 2.32. The van der Waals surface area contributed by atoms with Crippen LogP contribution >= 0.6 is 34.8 Å². The molecule has 0 saturated heterocycles. The summed E-state index contributed by atoms with van der Waals surface area (Å²) in [4.78, 5) is 4.37. The van der Waals surface area contributed by atoms with Gasteiger partial charge < -0.3 is 15.4 Å². The Morgan fingerprint density at radius 3 is 2.43 bits per heavy atom. The SMILES string of the molecule is CCNc1nc(Nc2ccc(Cl)c(OC)c2)c(Cl)cc1Cl. The van der Waals surface area contributed by atoms with Crippen LogP contribution in [0, 0.1) is 0 Å². The number of methoxy groups -OCH3 is 1. The van der Waals surface area contributed by atoms with Crippen molar-refractivity contribution in [1.82, 2.24) is 4.98 Å². The number of anilines is 3. The van der Waals surface area contributed by atoms with E-state index < -0.39 is 0 Å². The number of hydrogen-bond acceptors (Lipinski definition) is 4. The first-order valence-corrected chi connectivity index (χ1v) is 7.39. The van der Waals surface area contributed by atoms with Crippen molar-refractivity contribution in [3.8, 4) is 5.75 Å². The molecule has 0 fully saturated rings. The Bertz CT molecular complexity index is 650. The van der Waals surface area contributed by atoms with E-state index in [1.165, 1.54) is 0 Å². The van der Waals surface area contributed by atoms with Crippen LogP contribution in [0.1, 0.15) is 6.92 Å². The molecule has 1 aromatic heterocycles. The summed E-state index contributed by atoms with van der Waals surface area (Å²) >= 11 is 18.2. The maximum absolute atomic E-state index is 6.16. The number of pyridine rings is 1. The third-order valence-electron chi connectivity index (χ3n) is 2.69. The summed E-state index contributed by atoms with van der Waals surface area (Å²) in [5, 5.41) is 7.63. The lowest BCUT2D eigenvalue weighted by atomic mass is 10.3. The van der Waals surface area contributed by atoms with E-state index in [9.17, 15) is 0 Å². The molecule has 1 aromatic carbocycles. The lowest BCUT2D eigenvalue weighted by Crippen LogP contribution is -2.03. The van der Waals surface area contributed by atoms with E-state index in [2.05, 4.69) is 15.6 Å². The van der Waals surface area contributed by atoms with E-state index >= 15 is 0 Å². The average Bonchev–Trinajstić information content (AvgIpc) is 2.46. The molecule has 21 heavy (non-hydrogen) atoms. The van der Waals surface area contributed by atoms with Gasteiger partial charge in [0.1, 0.15) is 11.6 Å². The number of rotatable bonds is 5. The molecule has 2 N–H and O–H groups in total. The van der Waals surface area contributed by atoms with E-state index in [0.717, 1.165) is 5.69 Å². The van der Waals surface area contributed by atoms with Crippen LogP contribution in [-0.2, 0) is 0 Å². The van der Waals surface area contributed by atoms with Gasteiger partial charge in [0.05, 0.1) is 22.2 Å². The molecule has 2 rings (SSSR count). The number of aromatic nitrogens is 1. The number of benzene rings is 1. The van der Waals surface area contributed by atoms with E-state index in [0.29, 0.717) is 39.0 Å². The van der Waals surface area contributed by atoms with Gasteiger partial charge in [-0.2, -0.15) is 0 Å². The summed E-state index contributed by atoms with van der Waals surface area (Å²) in [5.74, 6) is 1.65. The van der Waals surface area contributed by atoms with Crippen LogP contribution in [0.15, 0.2) is 24.3 Å². The Hall–Kier alpha value is -1.36. The van der Waals surface area contributed by atoms with E-state index in [4.69, 9.17) is 39.5 Å². The Kier molecular flexibility index (Phi) is 5.39.